The molecule has 3 aromatic carbocycles. The maximum Gasteiger partial charge on any atom is 0.261 e. The zero-order valence-corrected chi connectivity index (χ0v) is 19.6. The Kier molecular flexibility index (Phi) is 5.48. The van der Waals surface area contributed by atoms with Crippen LogP contribution in [0.2, 0.25) is 0 Å². The molecule has 174 valence electrons. The second kappa shape index (κ2) is 8.36. The minimum absolute atomic E-state index is 0.104. The molecule has 5 rings (SSSR count). The highest BCUT2D eigenvalue weighted by molar-refractivity contribution is 7.90. The van der Waals surface area contributed by atoms with Crippen molar-refractivity contribution >= 4 is 44.0 Å². The number of carbonyl (C=O) groups is 3. The van der Waals surface area contributed by atoms with Crippen LogP contribution in [0.1, 0.15) is 45.5 Å². The lowest BCUT2D eigenvalue weighted by atomic mass is 9.94. The molecule has 34 heavy (non-hydrogen) atoms. The Morgan fingerprint density at radius 1 is 0.971 bits per heavy atom. The van der Waals surface area contributed by atoms with E-state index in [0.29, 0.717) is 35.9 Å². The molecular formula is C26H24N2O5S. The molecule has 0 saturated heterocycles. The Hall–Kier alpha value is -3.52. The molecule has 0 fully saturated rings. The summed E-state index contributed by atoms with van der Waals surface area (Å²) < 4.78 is 23.8. The first-order valence-electron chi connectivity index (χ1n) is 11.3. The van der Waals surface area contributed by atoms with E-state index in [0.717, 1.165) is 23.1 Å². The van der Waals surface area contributed by atoms with E-state index in [1.807, 2.05) is 12.1 Å². The standard InChI is InChI=1S/C26H24N2O5S/c1-34(32,33)19-12-13-22-18(16-19)8-4-14-27(22)23(29)11-5-15-28-25(30)20-9-2-6-17-7-3-10-21(24(17)20)26(28)31/h2-3,6-7,9-10,12-13,16H,4-5,8,11,14-15H2,1H3. The van der Waals surface area contributed by atoms with Crippen LogP contribution in [0.15, 0.2) is 59.5 Å². The highest BCUT2D eigenvalue weighted by Crippen LogP contribution is 2.32. The van der Waals surface area contributed by atoms with Crippen molar-refractivity contribution in [3.8, 4) is 0 Å². The molecule has 0 aliphatic carbocycles. The van der Waals surface area contributed by atoms with Crippen LogP contribution in [0.3, 0.4) is 0 Å². The van der Waals surface area contributed by atoms with Crippen LogP contribution in [0.5, 0.6) is 0 Å². The molecule has 2 aliphatic rings. The molecule has 0 aromatic heterocycles. The maximum atomic E-state index is 13.0. The lowest BCUT2D eigenvalue weighted by Gasteiger charge is -2.30. The lowest BCUT2D eigenvalue weighted by Crippen LogP contribution is -2.41. The van der Waals surface area contributed by atoms with Gasteiger partial charge in [0.1, 0.15) is 0 Å². The number of imide groups is 1. The number of benzene rings is 3. The van der Waals surface area contributed by atoms with Crippen LogP contribution in [-0.2, 0) is 21.1 Å². The van der Waals surface area contributed by atoms with Gasteiger partial charge < -0.3 is 4.90 Å². The molecule has 7 nitrogen and oxygen atoms in total. The summed E-state index contributed by atoms with van der Waals surface area (Å²) in [6.07, 6.45) is 3.15. The Morgan fingerprint density at radius 2 is 1.65 bits per heavy atom. The molecule has 8 heteroatoms. The molecule has 0 saturated carbocycles. The average Bonchev–Trinajstić information content (AvgIpc) is 2.83. The van der Waals surface area contributed by atoms with Crippen molar-refractivity contribution in [1.82, 2.24) is 4.90 Å². The van der Waals surface area contributed by atoms with Crippen molar-refractivity contribution in [2.24, 2.45) is 0 Å². The first kappa shape index (κ1) is 22.3. The van der Waals surface area contributed by atoms with Gasteiger partial charge in [-0.1, -0.05) is 24.3 Å². The summed E-state index contributed by atoms with van der Waals surface area (Å²) in [5, 5.41) is 1.54. The number of hydrogen-bond donors (Lipinski definition) is 0. The Balaban J connectivity index is 1.30. The third-order valence-electron chi connectivity index (χ3n) is 6.53. The van der Waals surface area contributed by atoms with Gasteiger partial charge in [-0.25, -0.2) is 8.42 Å². The number of nitrogens with zero attached hydrogens (tertiary/aromatic N) is 2. The van der Waals surface area contributed by atoms with E-state index in [4.69, 9.17) is 0 Å². The van der Waals surface area contributed by atoms with Gasteiger partial charge >= 0.3 is 0 Å². The van der Waals surface area contributed by atoms with E-state index in [1.54, 1.807) is 41.3 Å². The molecule has 3 amide bonds. The van der Waals surface area contributed by atoms with Gasteiger partial charge in [0.05, 0.1) is 4.90 Å². The van der Waals surface area contributed by atoms with Crippen molar-refractivity contribution in [3.05, 3.63) is 71.3 Å². The summed E-state index contributed by atoms with van der Waals surface area (Å²) in [6, 6.07) is 15.7. The van der Waals surface area contributed by atoms with E-state index >= 15 is 0 Å². The Labute approximate surface area is 197 Å². The van der Waals surface area contributed by atoms with Crippen molar-refractivity contribution < 1.29 is 22.8 Å². The average molecular weight is 477 g/mol. The molecule has 0 spiro atoms. The lowest BCUT2D eigenvalue weighted by molar-refractivity contribution is -0.118. The quantitative estimate of drug-likeness (QED) is 0.525. The number of hydrogen-bond acceptors (Lipinski definition) is 5. The molecule has 2 heterocycles. The predicted molar refractivity (Wildman–Crippen MR) is 129 cm³/mol. The first-order valence-corrected chi connectivity index (χ1v) is 13.2. The summed E-state index contributed by atoms with van der Waals surface area (Å²) in [5.41, 5.74) is 2.58. The molecule has 0 radical (unpaired) electrons. The third kappa shape index (κ3) is 3.77. The van der Waals surface area contributed by atoms with Gasteiger partial charge in [0.15, 0.2) is 9.84 Å². The highest BCUT2D eigenvalue weighted by Gasteiger charge is 2.32. The number of aryl methyl sites for hydroxylation is 1. The Bertz CT molecular complexity index is 1410. The van der Waals surface area contributed by atoms with Gasteiger partial charge in [-0.2, -0.15) is 0 Å². The summed E-state index contributed by atoms with van der Waals surface area (Å²) in [6.45, 7) is 0.711. The fourth-order valence-electron chi connectivity index (χ4n) is 4.87. The van der Waals surface area contributed by atoms with E-state index in [-0.39, 0.29) is 35.6 Å². The van der Waals surface area contributed by atoms with Crippen LogP contribution in [-0.4, -0.2) is 50.4 Å². The highest BCUT2D eigenvalue weighted by atomic mass is 32.2. The first-order chi connectivity index (χ1) is 16.3. The minimum atomic E-state index is -3.32. The van der Waals surface area contributed by atoms with Gasteiger partial charge in [-0.05, 0) is 60.5 Å². The topological polar surface area (TPSA) is 91.8 Å². The number of anilines is 1. The van der Waals surface area contributed by atoms with Crippen LogP contribution in [0.4, 0.5) is 5.69 Å². The van der Waals surface area contributed by atoms with Crippen LogP contribution < -0.4 is 4.90 Å². The molecule has 0 N–H and O–H groups in total. The smallest absolute Gasteiger partial charge is 0.261 e. The number of fused-ring (bicyclic) bond motifs is 1. The van der Waals surface area contributed by atoms with Crippen LogP contribution in [0.25, 0.3) is 10.8 Å². The summed E-state index contributed by atoms with van der Waals surface area (Å²) in [4.78, 5) is 42.2. The molecule has 0 atom stereocenters. The monoisotopic (exact) mass is 476 g/mol. The van der Waals surface area contributed by atoms with E-state index < -0.39 is 9.84 Å². The van der Waals surface area contributed by atoms with Gasteiger partial charge in [-0.15, -0.1) is 0 Å². The van der Waals surface area contributed by atoms with Crippen molar-refractivity contribution in [3.63, 3.8) is 0 Å². The molecule has 0 bridgehead atoms. The zero-order chi connectivity index (χ0) is 24.0. The zero-order valence-electron chi connectivity index (χ0n) is 18.8. The number of rotatable bonds is 5. The van der Waals surface area contributed by atoms with Gasteiger partial charge in [0.2, 0.25) is 5.91 Å². The minimum Gasteiger partial charge on any atom is -0.312 e. The number of carbonyl (C=O) groups excluding carboxylic acids is 3. The summed E-state index contributed by atoms with van der Waals surface area (Å²) in [7, 11) is -3.32. The third-order valence-corrected chi connectivity index (χ3v) is 7.64. The second-order valence-corrected chi connectivity index (χ2v) is 10.8. The van der Waals surface area contributed by atoms with Gasteiger partial charge in [0.25, 0.3) is 11.8 Å². The molecule has 2 aliphatic heterocycles. The van der Waals surface area contributed by atoms with E-state index in [9.17, 15) is 22.8 Å². The number of sulfone groups is 1. The SMILES string of the molecule is CS(=O)(=O)c1ccc2c(c1)CCCN2C(=O)CCCN1C(=O)c2cccc3cccc(c23)C1=O. The van der Waals surface area contributed by atoms with Crippen LogP contribution >= 0.6 is 0 Å². The van der Waals surface area contributed by atoms with Crippen molar-refractivity contribution in [2.75, 3.05) is 24.2 Å². The van der Waals surface area contributed by atoms with Gasteiger partial charge in [-0.3, -0.25) is 19.3 Å². The normalized spacial score (nSPS) is 15.6. The largest absolute Gasteiger partial charge is 0.312 e. The van der Waals surface area contributed by atoms with Crippen molar-refractivity contribution in [1.29, 1.82) is 0 Å². The maximum absolute atomic E-state index is 13.0. The van der Waals surface area contributed by atoms with E-state index in [1.165, 1.54) is 17.2 Å². The number of amides is 3. The second-order valence-electron chi connectivity index (χ2n) is 8.79. The summed E-state index contributed by atoms with van der Waals surface area (Å²) in [5.74, 6) is -0.774. The summed E-state index contributed by atoms with van der Waals surface area (Å²) >= 11 is 0. The molecule has 0 unspecified atom stereocenters. The van der Waals surface area contributed by atoms with E-state index in [2.05, 4.69) is 0 Å². The predicted octanol–water partition coefficient (Wildman–Crippen LogP) is 3.60. The fourth-order valence-corrected chi connectivity index (χ4v) is 5.54. The van der Waals surface area contributed by atoms with Crippen molar-refractivity contribution in [2.45, 2.75) is 30.6 Å². The van der Waals surface area contributed by atoms with Crippen LogP contribution in [0, 0.1) is 0 Å². The molecular weight excluding hydrogens is 452 g/mol. The fraction of sp³-hybridized carbons (Fsp3) is 0.269. The Morgan fingerprint density at radius 3 is 2.29 bits per heavy atom. The molecule has 3 aromatic rings. The van der Waals surface area contributed by atoms with Gasteiger partial charge in [0, 0.05) is 48.0 Å².